The number of carbonyl (C=O) groups is 1. The predicted octanol–water partition coefficient (Wildman–Crippen LogP) is 1.78. The average molecular weight is 293 g/mol. The maximum absolute atomic E-state index is 11.4. The number of amides is 1. The Hall–Kier alpha value is -0.970. The van der Waals surface area contributed by atoms with Crippen LogP contribution in [-0.2, 0) is 4.79 Å². The molecule has 0 aliphatic heterocycles. The highest BCUT2D eigenvalue weighted by atomic mass is 35.5. The van der Waals surface area contributed by atoms with Crippen LogP contribution >= 0.6 is 24.0 Å². The van der Waals surface area contributed by atoms with Gasteiger partial charge in [-0.2, -0.15) is 0 Å². The first kappa shape index (κ1) is 17.0. The summed E-state index contributed by atoms with van der Waals surface area (Å²) in [6.45, 7) is 3.19. The van der Waals surface area contributed by atoms with Gasteiger partial charge >= 0.3 is 0 Å². The normalized spacial score (nSPS) is 9.50. The van der Waals surface area contributed by atoms with Crippen molar-refractivity contribution < 1.29 is 9.53 Å². The topological polar surface area (TPSA) is 50.4 Å². The quantitative estimate of drug-likeness (QED) is 0.786. The van der Waals surface area contributed by atoms with Crippen molar-refractivity contribution in [2.45, 2.75) is 6.92 Å². The number of carbonyl (C=O) groups excluding carboxylic acids is 1. The van der Waals surface area contributed by atoms with Crippen molar-refractivity contribution >= 4 is 29.9 Å². The van der Waals surface area contributed by atoms with E-state index in [4.69, 9.17) is 16.3 Å². The number of rotatable bonds is 6. The Morgan fingerprint density at radius 3 is 2.78 bits per heavy atom. The molecule has 1 aromatic carbocycles. The van der Waals surface area contributed by atoms with Gasteiger partial charge in [0.05, 0.1) is 0 Å². The van der Waals surface area contributed by atoms with Crippen LogP contribution in [0.5, 0.6) is 5.75 Å². The van der Waals surface area contributed by atoms with E-state index in [-0.39, 0.29) is 24.9 Å². The van der Waals surface area contributed by atoms with Crippen molar-refractivity contribution in [1.82, 2.24) is 10.6 Å². The van der Waals surface area contributed by atoms with E-state index < -0.39 is 0 Å². The van der Waals surface area contributed by atoms with Gasteiger partial charge in [-0.3, -0.25) is 4.79 Å². The van der Waals surface area contributed by atoms with E-state index in [1.807, 2.05) is 14.0 Å². The number of hydrogen-bond donors (Lipinski definition) is 2. The second kappa shape index (κ2) is 9.03. The van der Waals surface area contributed by atoms with Crippen LogP contribution in [0.3, 0.4) is 0 Å². The Bertz CT molecular complexity index is 386. The summed E-state index contributed by atoms with van der Waals surface area (Å²) in [5.41, 5.74) is 0.845. The highest BCUT2D eigenvalue weighted by Gasteiger charge is 2.05. The largest absolute Gasteiger partial charge is 0.483 e. The lowest BCUT2D eigenvalue weighted by Gasteiger charge is -2.10. The molecule has 18 heavy (non-hydrogen) atoms. The average Bonchev–Trinajstić information content (AvgIpc) is 2.31. The fraction of sp³-hybridized carbons (Fsp3) is 0.417. The molecule has 0 aliphatic carbocycles. The Morgan fingerprint density at radius 1 is 1.39 bits per heavy atom. The molecule has 0 unspecified atom stereocenters. The van der Waals surface area contributed by atoms with Crippen LogP contribution in [0.1, 0.15) is 5.56 Å². The van der Waals surface area contributed by atoms with Gasteiger partial charge in [0.1, 0.15) is 5.75 Å². The second-order valence-electron chi connectivity index (χ2n) is 3.61. The molecule has 6 heteroatoms. The second-order valence-corrected chi connectivity index (χ2v) is 4.01. The smallest absolute Gasteiger partial charge is 0.257 e. The molecule has 0 fully saturated rings. The summed E-state index contributed by atoms with van der Waals surface area (Å²) in [4.78, 5) is 11.4. The number of benzene rings is 1. The van der Waals surface area contributed by atoms with Crippen molar-refractivity contribution in [3.63, 3.8) is 0 Å². The molecule has 0 bridgehead atoms. The first-order valence-electron chi connectivity index (χ1n) is 5.44. The van der Waals surface area contributed by atoms with Crippen LogP contribution in [0.4, 0.5) is 0 Å². The summed E-state index contributed by atoms with van der Waals surface area (Å²) in [6.07, 6.45) is 0. The van der Waals surface area contributed by atoms with Gasteiger partial charge in [0.2, 0.25) is 0 Å². The van der Waals surface area contributed by atoms with Gasteiger partial charge in [-0.25, -0.2) is 0 Å². The highest BCUT2D eigenvalue weighted by molar-refractivity contribution is 6.31. The predicted molar refractivity (Wildman–Crippen MR) is 75.9 cm³/mol. The molecule has 0 atom stereocenters. The van der Waals surface area contributed by atoms with Gasteiger partial charge in [0.25, 0.3) is 5.91 Å². The van der Waals surface area contributed by atoms with Gasteiger partial charge < -0.3 is 15.4 Å². The van der Waals surface area contributed by atoms with Gasteiger partial charge in [-0.15, -0.1) is 12.4 Å². The number of nitrogens with one attached hydrogen (secondary N) is 2. The number of likely N-dealkylation sites (N-methyl/N-ethyl adjacent to an activating group) is 1. The van der Waals surface area contributed by atoms with Gasteiger partial charge in [0, 0.05) is 23.7 Å². The SMILES string of the molecule is CNCCNC(=O)COc1cccc(Cl)c1C.Cl. The zero-order chi connectivity index (χ0) is 12.7. The molecular weight excluding hydrogens is 275 g/mol. The fourth-order valence-corrected chi connectivity index (χ4v) is 1.43. The molecule has 0 spiro atoms. The van der Waals surface area contributed by atoms with Crippen LogP contribution in [0, 0.1) is 6.92 Å². The summed E-state index contributed by atoms with van der Waals surface area (Å²) < 4.78 is 5.39. The third-order valence-electron chi connectivity index (χ3n) is 2.27. The molecule has 102 valence electrons. The first-order chi connectivity index (χ1) is 8.15. The van der Waals surface area contributed by atoms with E-state index in [0.29, 0.717) is 17.3 Å². The Labute approximate surface area is 118 Å². The molecule has 1 amide bonds. The van der Waals surface area contributed by atoms with E-state index in [9.17, 15) is 4.79 Å². The molecule has 0 heterocycles. The molecule has 4 nitrogen and oxygen atoms in total. The van der Waals surface area contributed by atoms with Gasteiger partial charge in [0.15, 0.2) is 6.61 Å². The molecule has 0 radical (unpaired) electrons. The Kier molecular flexibility index (Phi) is 8.54. The van der Waals surface area contributed by atoms with Crippen molar-refractivity contribution in [2.75, 3.05) is 26.7 Å². The first-order valence-corrected chi connectivity index (χ1v) is 5.82. The lowest BCUT2D eigenvalue weighted by Crippen LogP contribution is -2.33. The van der Waals surface area contributed by atoms with Crippen molar-refractivity contribution in [3.05, 3.63) is 28.8 Å². The monoisotopic (exact) mass is 292 g/mol. The van der Waals surface area contributed by atoms with E-state index in [1.54, 1.807) is 18.2 Å². The van der Waals surface area contributed by atoms with Gasteiger partial charge in [-0.1, -0.05) is 17.7 Å². The summed E-state index contributed by atoms with van der Waals surface area (Å²) >= 11 is 5.94. The summed E-state index contributed by atoms with van der Waals surface area (Å²) in [5.74, 6) is 0.501. The summed E-state index contributed by atoms with van der Waals surface area (Å²) in [5, 5.41) is 6.31. The number of halogens is 2. The minimum absolute atomic E-state index is 0. The summed E-state index contributed by atoms with van der Waals surface area (Å²) in [6, 6.07) is 5.38. The van der Waals surface area contributed by atoms with Crippen molar-refractivity contribution in [3.8, 4) is 5.75 Å². The molecule has 2 N–H and O–H groups in total. The molecule has 0 saturated carbocycles. The molecular formula is C12H18Cl2N2O2. The lowest BCUT2D eigenvalue weighted by molar-refractivity contribution is -0.123. The minimum atomic E-state index is -0.139. The fourth-order valence-electron chi connectivity index (χ4n) is 1.27. The van der Waals surface area contributed by atoms with E-state index in [0.717, 1.165) is 12.1 Å². The van der Waals surface area contributed by atoms with Crippen LogP contribution in [0.25, 0.3) is 0 Å². The van der Waals surface area contributed by atoms with E-state index >= 15 is 0 Å². The maximum Gasteiger partial charge on any atom is 0.257 e. The zero-order valence-corrected chi connectivity index (χ0v) is 12.0. The third-order valence-corrected chi connectivity index (χ3v) is 2.68. The van der Waals surface area contributed by atoms with Crippen LogP contribution < -0.4 is 15.4 Å². The molecule has 0 aromatic heterocycles. The van der Waals surface area contributed by atoms with Crippen molar-refractivity contribution in [1.29, 1.82) is 0 Å². The lowest BCUT2D eigenvalue weighted by atomic mass is 10.2. The standard InChI is InChI=1S/C12H17ClN2O2.ClH/c1-9-10(13)4-3-5-11(9)17-8-12(16)15-7-6-14-2;/h3-5,14H,6-8H2,1-2H3,(H,15,16);1H. The number of hydrogen-bond acceptors (Lipinski definition) is 3. The highest BCUT2D eigenvalue weighted by Crippen LogP contribution is 2.24. The van der Waals surface area contributed by atoms with Crippen LogP contribution in [-0.4, -0.2) is 32.7 Å². The Morgan fingerprint density at radius 2 is 2.11 bits per heavy atom. The van der Waals surface area contributed by atoms with Crippen LogP contribution in [0.15, 0.2) is 18.2 Å². The number of ether oxygens (including phenoxy) is 1. The Balaban J connectivity index is 0.00000289. The summed E-state index contributed by atoms with van der Waals surface area (Å²) in [7, 11) is 1.83. The maximum atomic E-state index is 11.4. The van der Waals surface area contributed by atoms with Gasteiger partial charge in [-0.05, 0) is 26.1 Å². The third kappa shape index (κ3) is 5.58. The molecule has 1 aromatic rings. The van der Waals surface area contributed by atoms with Crippen LogP contribution in [0.2, 0.25) is 5.02 Å². The van der Waals surface area contributed by atoms with Crippen molar-refractivity contribution in [2.24, 2.45) is 0 Å². The molecule has 0 saturated heterocycles. The minimum Gasteiger partial charge on any atom is -0.483 e. The zero-order valence-electron chi connectivity index (χ0n) is 10.5. The van der Waals surface area contributed by atoms with E-state index in [2.05, 4.69) is 10.6 Å². The molecule has 0 aliphatic rings. The van der Waals surface area contributed by atoms with E-state index in [1.165, 1.54) is 0 Å². The molecule has 1 rings (SSSR count).